The van der Waals surface area contributed by atoms with Crippen molar-refractivity contribution in [3.8, 4) is 0 Å². The van der Waals surface area contributed by atoms with Gasteiger partial charge >= 0.3 is 5.97 Å². The predicted molar refractivity (Wildman–Crippen MR) is 66.1 cm³/mol. The van der Waals surface area contributed by atoms with Gasteiger partial charge in [0.05, 0.1) is 12.6 Å². The number of hydrogen-bond acceptors (Lipinski definition) is 6. The normalized spacial score (nSPS) is 15.3. The summed E-state index contributed by atoms with van der Waals surface area (Å²) >= 11 is 3.83. The van der Waals surface area contributed by atoms with Crippen LogP contribution in [-0.4, -0.2) is 58.5 Å². The van der Waals surface area contributed by atoms with E-state index in [1.807, 2.05) is 0 Å². The standard InChI is InChI=1S/C9H17N3O5S/c1-4(11-8(15)5(10)3-18)7(14)12-6(2-13)9(16)17/h4-6,13,18H,2-3,10H2,1H3,(H,11,15)(H,12,14)(H,16,17). The Labute approximate surface area is 109 Å². The molecule has 3 atom stereocenters. The predicted octanol–water partition coefficient (Wildman–Crippen LogP) is -2.69. The van der Waals surface area contributed by atoms with Crippen molar-refractivity contribution < 1.29 is 24.6 Å². The molecule has 0 aromatic heterocycles. The maximum absolute atomic E-state index is 11.5. The van der Waals surface area contributed by atoms with Gasteiger partial charge < -0.3 is 26.6 Å². The summed E-state index contributed by atoms with van der Waals surface area (Å²) in [6, 6.07) is -3.22. The van der Waals surface area contributed by atoms with E-state index in [2.05, 4.69) is 23.3 Å². The van der Waals surface area contributed by atoms with E-state index in [4.69, 9.17) is 15.9 Å². The van der Waals surface area contributed by atoms with Gasteiger partial charge in [-0.15, -0.1) is 0 Å². The Morgan fingerprint density at radius 3 is 2.22 bits per heavy atom. The summed E-state index contributed by atoms with van der Waals surface area (Å²) in [5, 5.41) is 21.7. The minimum absolute atomic E-state index is 0.120. The molecule has 6 N–H and O–H groups in total. The van der Waals surface area contributed by atoms with E-state index >= 15 is 0 Å². The number of hydrogen-bond donors (Lipinski definition) is 6. The van der Waals surface area contributed by atoms with Crippen LogP contribution < -0.4 is 16.4 Å². The second-order valence-electron chi connectivity index (χ2n) is 3.60. The summed E-state index contributed by atoms with van der Waals surface area (Å²) in [5.41, 5.74) is 5.39. The highest BCUT2D eigenvalue weighted by atomic mass is 32.1. The van der Waals surface area contributed by atoms with Crippen LogP contribution in [0.5, 0.6) is 0 Å². The number of carbonyl (C=O) groups is 3. The van der Waals surface area contributed by atoms with E-state index in [-0.39, 0.29) is 5.75 Å². The van der Waals surface area contributed by atoms with Crippen molar-refractivity contribution in [2.24, 2.45) is 5.73 Å². The van der Waals surface area contributed by atoms with E-state index in [1.54, 1.807) is 0 Å². The lowest BCUT2D eigenvalue weighted by Gasteiger charge is -2.18. The average molecular weight is 279 g/mol. The van der Waals surface area contributed by atoms with Crippen molar-refractivity contribution in [3.05, 3.63) is 0 Å². The number of aliphatic hydroxyl groups is 1. The molecule has 18 heavy (non-hydrogen) atoms. The first kappa shape index (κ1) is 16.7. The van der Waals surface area contributed by atoms with E-state index in [1.165, 1.54) is 6.92 Å². The van der Waals surface area contributed by atoms with Crippen molar-refractivity contribution in [2.45, 2.75) is 25.0 Å². The minimum atomic E-state index is -1.41. The molecule has 9 heteroatoms. The number of carboxylic acids is 1. The van der Waals surface area contributed by atoms with Crippen LogP contribution in [0.1, 0.15) is 6.92 Å². The Morgan fingerprint density at radius 1 is 1.28 bits per heavy atom. The highest BCUT2D eigenvalue weighted by Crippen LogP contribution is 1.90. The fourth-order valence-corrected chi connectivity index (χ4v) is 1.12. The lowest BCUT2D eigenvalue weighted by molar-refractivity contribution is -0.143. The van der Waals surface area contributed by atoms with Crippen LogP contribution in [0.15, 0.2) is 0 Å². The number of nitrogens with two attached hydrogens (primary N) is 1. The maximum Gasteiger partial charge on any atom is 0.328 e. The summed E-state index contributed by atoms with van der Waals surface area (Å²) < 4.78 is 0. The number of carboxylic acid groups (broad SMARTS) is 1. The van der Waals surface area contributed by atoms with E-state index in [0.29, 0.717) is 0 Å². The third-order valence-electron chi connectivity index (χ3n) is 2.08. The molecule has 0 aliphatic rings. The molecule has 0 saturated carbocycles. The van der Waals surface area contributed by atoms with Crippen molar-refractivity contribution in [1.82, 2.24) is 10.6 Å². The third kappa shape index (κ3) is 5.34. The number of carbonyl (C=O) groups excluding carboxylic acids is 2. The monoisotopic (exact) mass is 279 g/mol. The first-order valence-corrected chi connectivity index (χ1v) is 5.77. The third-order valence-corrected chi connectivity index (χ3v) is 2.48. The van der Waals surface area contributed by atoms with Crippen LogP contribution in [-0.2, 0) is 14.4 Å². The quantitative estimate of drug-likeness (QED) is 0.280. The Hall–Kier alpha value is -1.32. The van der Waals surface area contributed by atoms with Crippen LogP contribution in [0, 0.1) is 0 Å². The molecule has 0 fully saturated rings. The van der Waals surface area contributed by atoms with Crippen molar-refractivity contribution in [1.29, 1.82) is 0 Å². The van der Waals surface area contributed by atoms with Gasteiger partial charge in [0.2, 0.25) is 11.8 Å². The smallest absolute Gasteiger partial charge is 0.328 e. The maximum atomic E-state index is 11.5. The van der Waals surface area contributed by atoms with Crippen LogP contribution in [0.4, 0.5) is 0 Å². The van der Waals surface area contributed by atoms with Gasteiger partial charge in [-0.2, -0.15) is 12.6 Å². The largest absolute Gasteiger partial charge is 0.480 e. The van der Waals surface area contributed by atoms with Crippen molar-refractivity contribution in [2.75, 3.05) is 12.4 Å². The number of aliphatic hydroxyl groups excluding tert-OH is 1. The van der Waals surface area contributed by atoms with Gasteiger partial charge in [0.1, 0.15) is 12.1 Å². The zero-order valence-electron chi connectivity index (χ0n) is 9.79. The van der Waals surface area contributed by atoms with Crippen LogP contribution >= 0.6 is 12.6 Å². The van der Waals surface area contributed by atoms with Crippen molar-refractivity contribution in [3.63, 3.8) is 0 Å². The summed E-state index contributed by atoms with van der Waals surface area (Å²) in [7, 11) is 0. The van der Waals surface area contributed by atoms with Crippen LogP contribution in [0.2, 0.25) is 0 Å². The number of aliphatic carboxylic acids is 1. The Bertz CT molecular complexity index is 325. The second-order valence-corrected chi connectivity index (χ2v) is 3.97. The molecule has 0 aliphatic carbocycles. The molecule has 0 rings (SSSR count). The van der Waals surface area contributed by atoms with Gasteiger partial charge in [-0.05, 0) is 6.92 Å². The molecular formula is C9H17N3O5S. The van der Waals surface area contributed by atoms with Gasteiger partial charge in [-0.3, -0.25) is 9.59 Å². The number of amides is 2. The molecule has 0 aromatic carbocycles. The van der Waals surface area contributed by atoms with Gasteiger partial charge in [0.25, 0.3) is 0 Å². The first-order valence-electron chi connectivity index (χ1n) is 5.14. The van der Waals surface area contributed by atoms with E-state index < -0.39 is 42.5 Å². The number of nitrogens with one attached hydrogen (secondary N) is 2. The summed E-state index contributed by atoms with van der Waals surface area (Å²) in [5.74, 6) is -2.54. The molecule has 0 spiro atoms. The Morgan fingerprint density at radius 2 is 1.83 bits per heavy atom. The first-order chi connectivity index (χ1) is 8.33. The lowest BCUT2D eigenvalue weighted by atomic mass is 10.2. The molecule has 0 aliphatic heterocycles. The van der Waals surface area contributed by atoms with Crippen molar-refractivity contribution >= 4 is 30.4 Å². The fraction of sp³-hybridized carbons (Fsp3) is 0.667. The highest BCUT2D eigenvalue weighted by Gasteiger charge is 2.24. The van der Waals surface area contributed by atoms with Gasteiger partial charge in [0.15, 0.2) is 0 Å². The molecule has 0 heterocycles. The molecule has 3 unspecified atom stereocenters. The zero-order valence-corrected chi connectivity index (χ0v) is 10.7. The molecule has 0 radical (unpaired) electrons. The summed E-state index contributed by atoms with van der Waals surface area (Å²) in [4.78, 5) is 33.4. The van der Waals surface area contributed by atoms with Gasteiger partial charge in [0, 0.05) is 5.75 Å². The molecule has 2 amide bonds. The molecule has 8 nitrogen and oxygen atoms in total. The average Bonchev–Trinajstić information content (AvgIpc) is 2.33. The second kappa shape index (κ2) is 7.90. The SMILES string of the molecule is CC(NC(=O)C(N)CS)C(=O)NC(CO)C(=O)O. The molecule has 104 valence electrons. The van der Waals surface area contributed by atoms with E-state index in [0.717, 1.165) is 0 Å². The number of rotatable bonds is 7. The van der Waals surface area contributed by atoms with Crippen LogP contribution in [0.3, 0.4) is 0 Å². The molecule has 0 bridgehead atoms. The molecule has 0 aromatic rings. The summed E-state index contributed by atoms with van der Waals surface area (Å²) in [6.45, 7) is 0.632. The summed E-state index contributed by atoms with van der Waals surface area (Å²) in [6.07, 6.45) is 0. The Balaban J connectivity index is 4.34. The van der Waals surface area contributed by atoms with Crippen LogP contribution in [0.25, 0.3) is 0 Å². The van der Waals surface area contributed by atoms with Gasteiger partial charge in [-0.25, -0.2) is 4.79 Å². The number of thiol groups is 1. The fourth-order valence-electron chi connectivity index (χ4n) is 0.951. The molecular weight excluding hydrogens is 262 g/mol. The van der Waals surface area contributed by atoms with E-state index in [9.17, 15) is 14.4 Å². The molecule has 0 saturated heterocycles. The topological polar surface area (TPSA) is 142 Å². The minimum Gasteiger partial charge on any atom is -0.480 e. The highest BCUT2D eigenvalue weighted by molar-refractivity contribution is 7.80. The Kier molecular flexibility index (Phi) is 7.32. The zero-order chi connectivity index (χ0) is 14.3. The van der Waals surface area contributed by atoms with Gasteiger partial charge in [-0.1, -0.05) is 0 Å². The lowest BCUT2D eigenvalue weighted by Crippen LogP contribution is -2.54.